The molecule has 2 aromatic rings. The van der Waals surface area contributed by atoms with E-state index in [1.807, 2.05) is 12.1 Å². The van der Waals surface area contributed by atoms with Crippen LogP contribution in [0.5, 0.6) is 0 Å². The number of hydrogen-bond donors (Lipinski definition) is 2. The Bertz CT molecular complexity index is 898. The van der Waals surface area contributed by atoms with E-state index >= 15 is 0 Å². The molecule has 2 aliphatic rings. The third-order valence-corrected chi connectivity index (χ3v) is 7.06. The fourth-order valence-electron chi connectivity index (χ4n) is 4.24. The van der Waals surface area contributed by atoms with E-state index in [0.29, 0.717) is 6.04 Å². The van der Waals surface area contributed by atoms with Crippen molar-refractivity contribution < 1.29 is 9.59 Å². The summed E-state index contributed by atoms with van der Waals surface area (Å²) in [7, 11) is 0. The van der Waals surface area contributed by atoms with Crippen molar-refractivity contribution in [2.24, 2.45) is 0 Å². The van der Waals surface area contributed by atoms with Crippen LogP contribution in [0, 0.1) is 6.92 Å². The Labute approximate surface area is 175 Å². The molecule has 2 heterocycles. The van der Waals surface area contributed by atoms with Crippen molar-refractivity contribution in [3.05, 3.63) is 35.5 Å². The van der Waals surface area contributed by atoms with Crippen LogP contribution in [0.1, 0.15) is 62.7 Å². The maximum Gasteiger partial charge on any atom is 0.238 e. The van der Waals surface area contributed by atoms with Crippen LogP contribution < -0.4 is 10.6 Å². The predicted molar refractivity (Wildman–Crippen MR) is 116 cm³/mol. The Hall–Kier alpha value is -2.28. The second-order valence-electron chi connectivity index (χ2n) is 8.02. The molecular weight excluding hydrogens is 384 g/mol. The normalized spacial score (nSPS) is 19.4. The number of aryl methyl sites for hydroxylation is 1. The smallest absolute Gasteiger partial charge is 0.238 e. The number of carbonyl (C=O) groups is 2. The molecule has 6 nitrogen and oxygen atoms in total. The Morgan fingerprint density at radius 1 is 1.03 bits per heavy atom. The van der Waals surface area contributed by atoms with Crippen molar-refractivity contribution in [1.82, 2.24) is 9.78 Å². The average Bonchev–Trinajstić information content (AvgIpc) is 3.13. The van der Waals surface area contributed by atoms with E-state index in [1.165, 1.54) is 56.0 Å². The molecule has 154 valence electrons. The number of nitrogens with zero attached hydrogens (tertiary/aromatic N) is 2. The summed E-state index contributed by atoms with van der Waals surface area (Å²) in [6, 6.07) is 7.68. The van der Waals surface area contributed by atoms with E-state index < -0.39 is 0 Å². The number of amides is 2. The molecule has 1 aliphatic carbocycles. The summed E-state index contributed by atoms with van der Waals surface area (Å²) in [6.07, 6.45) is 8.27. The number of benzene rings is 1. The standard InChI is InChI=1S/C22H28N4O2S/c1-14-19-13-20(21(28)24-17-11-9-16(10-12-17)23-15(2)27)29-22(19)26(25-14)18-7-5-3-4-6-8-18/h9-12,18,20H,3-8,13H2,1-2H3,(H,23,27)(H,24,28). The van der Waals surface area contributed by atoms with Crippen molar-refractivity contribution in [1.29, 1.82) is 0 Å². The molecule has 2 N–H and O–H groups in total. The predicted octanol–water partition coefficient (Wildman–Crippen LogP) is 4.70. The molecule has 0 spiro atoms. The second kappa shape index (κ2) is 8.61. The van der Waals surface area contributed by atoms with Crippen LogP contribution in [-0.2, 0) is 16.0 Å². The fourth-order valence-corrected chi connectivity index (χ4v) is 5.60. The minimum atomic E-state index is -0.131. The third-order valence-electron chi connectivity index (χ3n) is 5.74. The van der Waals surface area contributed by atoms with Gasteiger partial charge in [0, 0.05) is 23.9 Å². The molecule has 0 radical (unpaired) electrons. The third kappa shape index (κ3) is 4.50. The summed E-state index contributed by atoms with van der Waals surface area (Å²) >= 11 is 1.65. The van der Waals surface area contributed by atoms with E-state index in [2.05, 4.69) is 22.2 Å². The first-order valence-corrected chi connectivity index (χ1v) is 11.3. The van der Waals surface area contributed by atoms with Gasteiger partial charge >= 0.3 is 0 Å². The summed E-state index contributed by atoms with van der Waals surface area (Å²) < 4.78 is 2.22. The van der Waals surface area contributed by atoms with Crippen LogP contribution in [0.25, 0.3) is 0 Å². The Morgan fingerprint density at radius 2 is 1.66 bits per heavy atom. The highest BCUT2D eigenvalue weighted by molar-refractivity contribution is 8.00. The molecule has 7 heteroatoms. The van der Waals surface area contributed by atoms with Crippen LogP contribution in [0.15, 0.2) is 29.3 Å². The van der Waals surface area contributed by atoms with Crippen LogP contribution in [0.3, 0.4) is 0 Å². The highest BCUT2D eigenvalue weighted by Gasteiger charge is 2.35. The minimum absolute atomic E-state index is 0.0188. The van der Waals surface area contributed by atoms with Crippen LogP contribution >= 0.6 is 11.8 Å². The molecule has 0 bridgehead atoms. The molecule has 2 amide bonds. The molecular formula is C22H28N4O2S. The van der Waals surface area contributed by atoms with Crippen molar-refractivity contribution >= 4 is 35.0 Å². The maximum atomic E-state index is 12.9. The zero-order valence-electron chi connectivity index (χ0n) is 17.0. The van der Waals surface area contributed by atoms with E-state index in [1.54, 1.807) is 23.9 Å². The zero-order valence-corrected chi connectivity index (χ0v) is 17.8. The number of hydrogen-bond acceptors (Lipinski definition) is 4. The lowest BCUT2D eigenvalue weighted by Gasteiger charge is -2.18. The highest BCUT2D eigenvalue weighted by atomic mass is 32.2. The van der Waals surface area contributed by atoms with Gasteiger partial charge in [0.25, 0.3) is 0 Å². The summed E-state index contributed by atoms with van der Waals surface area (Å²) in [5.74, 6) is -0.0923. The largest absolute Gasteiger partial charge is 0.326 e. The summed E-state index contributed by atoms with van der Waals surface area (Å²) in [5, 5.41) is 11.6. The van der Waals surface area contributed by atoms with Crippen molar-refractivity contribution in [3.8, 4) is 0 Å². The quantitative estimate of drug-likeness (QED) is 0.714. The Kier molecular flexibility index (Phi) is 5.94. The Morgan fingerprint density at radius 3 is 2.28 bits per heavy atom. The summed E-state index contributed by atoms with van der Waals surface area (Å²) in [6.45, 7) is 3.54. The van der Waals surface area contributed by atoms with Gasteiger partial charge in [0.2, 0.25) is 11.8 Å². The molecule has 1 aromatic carbocycles. The SMILES string of the molecule is CC(=O)Nc1ccc(NC(=O)C2Cc3c(C)nn(C4CCCCCC4)c3S2)cc1. The summed E-state index contributed by atoms with van der Waals surface area (Å²) in [4.78, 5) is 24.0. The molecule has 1 aromatic heterocycles. The lowest BCUT2D eigenvalue weighted by Crippen LogP contribution is -2.25. The first-order chi connectivity index (χ1) is 14.0. The first kappa shape index (κ1) is 20.0. The van der Waals surface area contributed by atoms with Gasteiger partial charge in [-0.1, -0.05) is 37.4 Å². The minimum Gasteiger partial charge on any atom is -0.326 e. The number of anilines is 2. The number of fused-ring (bicyclic) bond motifs is 1. The number of rotatable bonds is 4. The van der Waals surface area contributed by atoms with Gasteiger partial charge in [-0.05, 0) is 50.5 Å². The van der Waals surface area contributed by atoms with Gasteiger partial charge in [-0.25, -0.2) is 0 Å². The van der Waals surface area contributed by atoms with Gasteiger partial charge in [0.15, 0.2) is 0 Å². The van der Waals surface area contributed by atoms with Gasteiger partial charge in [-0.15, -0.1) is 0 Å². The van der Waals surface area contributed by atoms with Gasteiger partial charge in [-0.3, -0.25) is 14.3 Å². The van der Waals surface area contributed by atoms with Gasteiger partial charge in [-0.2, -0.15) is 5.10 Å². The molecule has 0 saturated heterocycles. The van der Waals surface area contributed by atoms with Crippen molar-refractivity contribution in [2.75, 3.05) is 10.6 Å². The molecule has 1 unspecified atom stereocenters. The maximum absolute atomic E-state index is 12.9. The van der Waals surface area contributed by atoms with Crippen molar-refractivity contribution in [2.45, 2.75) is 75.1 Å². The van der Waals surface area contributed by atoms with Crippen LogP contribution in [0.4, 0.5) is 11.4 Å². The average molecular weight is 413 g/mol. The van der Waals surface area contributed by atoms with Gasteiger partial charge in [0.05, 0.1) is 22.0 Å². The van der Waals surface area contributed by atoms with E-state index in [9.17, 15) is 9.59 Å². The van der Waals surface area contributed by atoms with Crippen LogP contribution in [-0.4, -0.2) is 26.8 Å². The first-order valence-electron chi connectivity index (χ1n) is 10.4. The number of aromatic nitrogens is 2. The molecule has 4 rings (SSSR count). The number of carbonyl (C=O) groups excluding carboxylic acids is 2. The molecule has 1 fully saturated rings. The van der Waals surface area contributed by atoms with Gasteiger partial charge < -0.3 is 10.6 Å². The molecule has 29 heavy (non-hydrogen) atoms. The zero-order chi connectivity index (χ0) is 20.4. The van der Waals surface area contributed by atoms with Crippen LogP contribution in [0.2, 0.25) is 0 Å². The monoisotopic (exact) mass is 412 g/mol. The second-order valence-corrected chi connectivity index (χ2v) is 9.21. The Balaban J connectivity index is 1.43. The van der Waals surface area contributed by atoms with E-state index in [4.69, 9.17) is 5.10 Å². The fraction of sp³-hybridized carbons (Fsp3) is 0.500. The van der Waals surface area contributed by atoms with E-state index in [-0.39, 0.29) is 17.1 Å². The number of thioether (sulfide) groups is 1. The lowest BCUT2D eigenvalue weighted by molar-refractivity contribution is -0.116. The highest BCUT2D eigenvalue weighted by Crippen LogP contribution is 2.42. The lowest BCUT2D eigenvalue weighted by atomic mass is 10.1. The molecule has 1 saturated carbocycles. The molecule has 1 atom stereocenters. The topological polar surface area (TPSA) is 76.0 Å². The van der Waals surface area contributed by atoms with E-state index in [0.717, 1.165) is 23.5 Å². The summed E-state index contributed by atoms with van der Waals surface area (Å²) in [5.41, 5.74) is 3.76. The van der Waals surface area contributed by atoms with Crippen molar-refractivity contribution in [3.63, 3.8) is 0 Å². The number of nitrogens with one attached hydrogen (secondary N) is 2. The molecule has 1 aliphatic heterocycles. The van der Waals surface area contributed by atoms with Gasteiger partial charge in [0.1, 0.15) is 0 Å².